The van der Waals surface area contributed by atoms with Gasteiger partial charge < -0.3 is 11.1 Å². The molecule has 3 N–H and O–H groups in total. The number of carbonyl (C=O) groups is 1. The number of rotatable bonds is 14. The number of amides is 1. The van der Waals surface area contributed by atoms with Crippen LogP contribution in [0.25, 0.3) is 0 Å². The molecule has 0 saturated heterocycles. The van der Waals surface area contributed by atoms with Gasteiger partial charge in [0.1, 0.15) is 0 Å². The van der Waals surface area contributed by atoms with E-state index in [4.69, 9.17) is 5.73 Å². The maximum atomic E-state index is 12.2. The fraction of sp³-hybridized carbons (Fsp3) is 0.857. The first-order chi connectivity index (χ1) is 11.2. The van der Waals surface area contributed by atoms with Gasteiger partial charge in [-0.15, -0.1) is 12.4 Å². The summed E-state index contributed by atoms with van der Waals surface area (Å²) < 4.78 is 0. The van der Waals surface area contributed by atoms with E-state index in [-0.39, 0.29) is 23.9 Å². The van der Waals surface area contributed by atoms with E-state index in [2.05, 4.69) is 25.7 Å². The van der Waals surface area contributed by atoms with Crippen molar-refractivity contribution in [1.29, 1.82) is 0 Å². The molecule has 0 aromatic heterocycles. The van der Waals surface area contributed by atoms with Crippen LogP contribution in [0.3, 0.4) is 0 Å². The van der Waals surface area contributed by atoms with Gasteiger partial charge in [-0.25, -0.2) is 0 Å². The molecular weight excluding hydrogens is 332 g/mol. The Labute approximate surface area is 163 Å². The van der Waals surface area contributed by atoms with Gasteiger partial charge >= 0.3 is 0 Å². The van der Waals surface area contributed by atoms with Crippen LogP contribution < -0.4 is 11.1 Å². The molecular formula is C21H43ClN2O. The first-order valence-electron chi connectivity index (χ1n) is 9.97. The lowest BCUT2D eigenvalue weighted by Crippen LogP contribution is -2.66. The van der Waals surface area contributed by atoms with Crippen molar-refractivity contribution in [3.63, 3.8) is 0 Å². The molecule has 0 radical (unpaired) electrons. The van der Waals surface area contributed by atoms with Crippen molar-refractivity contribution in [1.82, 2.24) is 5.32 Å². The summed E-state index contributed by atoms with van der Waals surface area (Å²) in [5, 5.41) is 3.23. The predicted octanol–water partition coefficient (Wildman–Crippen LogP) is 5.91. The Morgan fingerprint density at radius 2 is 1.40 bits per heavy atom. The summed E-state index contributed by atoms with van der Waals surface area (Å²) >= 11 is 0. The van der Waals surface area contributed by atoms with Crippen LogP contribution in [0.5, 0.6) is 0 Å². The third-order valence-corrected chi connectivity index (χ3v) is 5.11. The van der Waals surface area contributed by atoms with Gasteiger partial charge in [0, 0.05) is 11.1 Å². The molecule has 1 atom stereocenters. The van der Waals surface area contributed by atoms with Gasteiger partial charge in [-0.3, -0.25) is 4.79 Å². The Balaban J connectivity index is 0. The number of carbonyl (C=O) groups excluding carboxylic acids is 1. The van der Waals surface area contributed by atoms with Crippen LogP contribution in [-0.2, 0) is 4.79 Å². The van der Waals surface area contributed by atoms with Gasteiger partial charge in [0.05, 0.1) is 5.54 Å². The fourth-order valence-electron chi connectivity index (χ4n) is 3.37. The third kappa shape index (κ3) is 10.3. The Morgan fingerprint density at radius 3 is 1.80 bits per heavy atom. The second kappa shape index (κ2) is 13.6. The van der Waals surface area contributed by atoms with Gasteiger partial charge in [-0.2, -0.15) is 0 Å². The highest BCUT2D eigenvalue weighted by atomic mass is 35.5. The number of unbranched alkanes of at least 4 members (excludes halogenated alkanes) is 7. The van der Waals surface area contributed by atoms with Crippen molar-refractivity contribution >= 4 is 18.3 Å². The first kappa shape index (κ1) is 26.7. The molecule has 1 amide bonds. The third-order valence-electron chi connectivity index (χ3n) is 5.11. The second-order valence-corrected chi connectivity index (χ2v) is 8.01. The van der Waals surface area contributed by atoms with E-state index in [9.17, 15) is 4.79 Å². The molecule has 0 heterocycles. The summed E-state index contributed by atoms with van der Waals surface area (Å²) in [6, 6.07) is 0. The van der Waals surface area contributed by atoms with E-state index in [1.807, 2.05) is 13.8 Å². The molecule has 1 unspecified atom stereocenters. The second-order valence-electron chi connectivity index (χ2n) is 8.01. The molecule has 150 valence electrons. The molecule has 0 rings (SSSR count). The van der Waals surface area contributed by atoms with E-state index < -0.39 is 5.54 Å². The normalized spacial score (nSPS) is 13.7. The van der Waals surface area contributed by atoms with Crippen LogP contribution in [0.4, 0.5) is 0 Å². The molecule has 0 bridgehead atoms. The lowest BCUT2D eigenvalue weighted by atomic mass is 9.73. The minimum Gasteiger partial charge on any atom is -0.345 e. The Bertz CT molecular complexity index is 377. The van der Waals surface area contributed by atoms with E-state index in [1.54, 1.807) is 6.92 Å². The highest BCUT2D eigenvalue weighted by molar-refractivity contribution is 5.92. The Hall–Kier alpha value is -0.540. The zero-order valence-electron chi connectivity index (χ0n) is 17.4. The largest absolute Gasteiger partial charge is 0.345 e. The SMILES string of the molecule is C=C(C)C(=O)NC(CCC)(CCCCCCCCCC)C(C)(C)N.Cl. The van der Waals surface area contributed by atoms with Crippen molar-refractivity contribution < 1.29 is 4.79 Å². The van der Waals surface area contributed by atoms with Crippen LogP contribution in [0, 0.1) is 0 Å². The monoisotopic (exact) mass is 374 g/mol. The molecule has 0 saturated carbocycles. The first-order valence-corrected chi connectivity index (χ1v) is 9.97. The van der Waals surface area contributed by atoms with Gasteiger partial charge in [-0.05, 0) is 33.6 Å². The maximum absolute atomic E-state index is 12.2. The summed E-state index contributed by atoms with van der Waals surface area (Å²) in [4.78, 5) is 12.2. The van der Waals surface area contributed by atoms with Gasteiger partial charge in [0.25, 0.3) is 0 Å². The molecule has 4 heteroatoms. The molecule has 0 aliphatic carbocycles. The van der Waals surface area contributed by atoms with Gasteiger partial charge in [0.15, 0.2) is 0 Å². The number of hydrogen-bond acceptors (Lipinski definition) is 2. The standard InChI is InChI=1S/C21H42N2O.ClH/c1-7-9-10-11-12-13-14-15-17-21(16-8-2,20(5,6)22)23-19(24)18(3)4;/h3,7-17,22H2,1-2,4-6H3,(H,23,24);1H. The average molecular weight is 375 g/mol. The summed E-state index contributed by atoms with van der Waals surface area (Å²) in [5.41, 5.74) is 6.26. The fourth-order valence-corrected chi connectivity index (χ4v) is 3.37. The minimum absolute atomic E-state index is 0. The van der Waals surface area contributed by atoms with Gasteiger partial charge in [0.2, 0.25) is 5.91 Å². The zero-order valence-corrected chi connectivity index (χ0v) is 18.2. The molecule has 0 aromatic rings. The van der Waals surface area contributed by atoms with Crippen molar-refractivity contribution in [3.8, 4) is 0 Å². The van der Waals surface area contributed by atoms with Crippen LogP contribution in [0.1, 0.15) is 105 Å². The number of halogens is 1. The van der Waals surface area contributed by atoms with Gasteiger partial charge in [-0.1, -0.05) is 78.2 Å². The lowest BCUT2D eigenvalue weighted by molar-refractivity contribution is -0.120. The summed E-state index contributed by atoms with van der Waals surface area (Å²) in [6.45, 7) is 14.0. The predicted molar refractivity (Wildman–Crippen MR) is 113 cm³/mol. The van der Waals surface area contributed by atoms with E-state index in [0.29, 0.717) is 5.57 Å². The average Bonchev–Trinajstić information content (AvgIpc) is 2.48. The van der Waals surface area contributed by atoms with E-state index in [1.165, 1.54) is 44.9 Å². The summed E-state index contributed by atoms with van der Waals surface area (Å²) in [5.74, 6) is -0.0680. The van der Waals surface area contributed by atoms with Crippen LogP contribution in [-0.4, -0.2) is 17.0 Å². The smallest absolute Gasteiger partial charge is 0.246 e. The molecule has 25 heavy (non-hydrogen) atoms. The summed E-state index contributed by atoms with van der Waals surface area (Å²) in [6.07, 6.45) is 13.2. The highest BCUT2D eigenvalue weighted by Gasteiger charge is 2.42. The molecule has 0 aliphatic rings. The molecule has 3 nitrogen and oxygen atoms in total. The van der Waals surface area contributed by atoms with E-state index >= 15 is 0 Å². The Morgan fingerprint density at radius 1 is 0.920 bits per heavy atom. The minimum atomic E-state index is -0.449. The Kier molecular flexibility index (Phi) is 14.6. The lowest BCUT2D eigenvalue weighted by Gasteiger charge is -2.46. The summed E-state index contributed by atoms with van der Waals surface area (Å²) in [7, 11) is 0. The van der Waals surface area contributed by atoms with Crippen LogP contribution in [0.15, 0.2) is 12.2 Å². The quantitative estimate of drug-likeness (QED) is 0.293. The number of hydrogen-bond donors (Lipinski definition) is 2. The zero-order chi connectivity index (χ0) is 18.6. The van der Waals surface area contributed by atoms with Crippen molar-refractivity contribution in [3.05, 3.63) is 12.2 Å². The van der Waals surface area contributed by atoms with Crippen molar-refractivity contribution in [2.24, 2.45) is 5.73 Å². The van der Waals surface area contributed by atoms with E-state index in [0.717, 1.165) is 25.7 Å². The number of nitrogens with two attached hydrogens (primary N) is 1. The van der Waals surface area contributed by atoms with Crippen LogP contribution in [0.2, 0.25) is 0 Å². The number of nitrogens with one attached hydrogen (secondary N) is 1. The molecule has 0 spiro atoms. The maximum Gasteiger partial charge on any atom is 0.246 e. The topological polar surface area (TPSA) is 55.1 Å². The highest BCUT2D eigenvalue weighted by Crippen LogP contribution is 2.31. The molecule has 0 aromatic carbocycles. The molecule has 0 aliphatic heterocycles. The van der Waals surface area contributed by atoms with Crippen molar-refractivity contribution in [2.75, 3.05) is 0 Å². The van der Waals surface area contributed by atoms with Crippen LogP contribution >= 0.6 is 12.4 Å². The van der Waals surface area contributed by atoms with Crippen molar-refractivity contribution in [2.45, 2.75) is 116 Å². The molecule has 0 fully saturated rings.